The van der Waals surface area contributed by atoms with Gasteiger partial charge < -0.3 is 10.2 Å². The minimum absolute atomic E-state index is 0.0217. The molecule has 1 aromatic carbocycles. The van der Waals surface area contributed by atoms with Gasteiger partial charge in [-0.15, -0.1) is 0 Å². The van der Waals surface area contributed by atoms with Crippen LogP contribution >= 0.6 is 11.6 Å². The van der Waals surface area contributed by atoms with Crippen LogP contribution < -0.4 is 0 Å². The van der Waals surface area contributed by atoms with Crippen LogP contribution in [0, 0.1) is 0 Å². The molecule has 1 rings (SSSR count). The molecule has 0 saturated carbocycles. The Labute approximate surface area is 70.1 Å². The molecule has 0 aliphatic carbocycles. The number of aliphatic hydroxyl groups is 1. The largest absolute Gasteiger partial charge is 0.508 e. The van der Waals surface area contributed by atoms with Crippen LogP contribution in [0.4, 0.5) is 0 Å². The number of rotatable bonds is 2. The van der Waals surface area contributed by atoms with Crippen LogP contribution in [0.3, 0.4) is 0 Å². The van der Waals surface area contributed by atoms with E-state index in [1.54, 1.807) is 12.1 Å². The highest BCUT2D eigenvalue weighted by molar-refractivity contribution is 6.30. The fourth-order valence-electron chi connectivity index (χ4n) is 0.875. The zero-order chi connectivity index (χ0) is 8.27. The maximum Gasteiger partial charge on any atom is 0.118 e. The summed E-state index contributed by atoms with van der Waals surface area (Å²) in [5.74, 6) is 0.184. The number of hydrogen-bond acceptors (Lipinski definition) is 2. The van der Waals surface area contributed by atoms with Crippen molar-refractivity contribution >= 4 is 11.6 Å². The number of benzene rings is 1. The van der Waals surface area contributed by atoms with Gasteiger partial charge in [0.25, 0.3) is 0 Å². The predicted octanol–water partition coefficient (Wildman–Crippen LogP) is 1.58. The first-order valence-electron chi connectivity index (χ1n) is 3.32. The quantitative estimate of drug-likeness (QED) is 0.711. The SMILES string of the molecule is OCCc1cc(Cl)ccc1O. The second-order valence-corrected chi connectivity index (χ2v) is 2.68. The van der Waals surface area contributed by atoms with Crippen LogP contribution in [-0.4, -0.2) is 16.8 Å². The van der Waals surface area contributed by atoms with Gasteiger partial charge in [-0.2, -0.15) is 0 Å². The van der Waals surface area contributed by atoms with E-state index in [9.17, 15) is 5.11 Å². The lowest BCUT2D eigenvalue weighted by Crippen LogP contribution is -1.90. The van der Waals surface area contributed by atoms with Crippen LogP contribution in [0.25, 0.3) is 0 Å². The van der Waals surface area contributed by atoms with E-state index in [4.69, 9.17) is 16.7 Å². The van der Waals surface area contributed by atoms with E-state index < -0.39 is 0 Å². The van der Waals surface area contributed by atoms with Crippen molar-refractivity contribution < 1.29 is 10.2 Å². The van der Waals surface area contributed by atoms with E-state index in [-0.39, 0.29) is 12.4 Å². The lowest BCUT2D eigenvalue weighted by Gasteiger charge is -2.01. The van der Waals surface area contributed by atoms with Gasteiger partial charge in [-0.25, -0.2) is 0 Å². The fraction of sp³-hybridized carbons (Fsp3) is 0.250. The molecule has 0 saturated heterocycles. The molecular formula is C8H9ClO2. The Morgan fingerprint density at radius 2 is 2.09 bits per heavy atom. The summed E-state index contributed by atoms with van der Waals surface area (Å²) in [6, 6.07) is 4.78. The van der Waals surface area contributed by atoms with Crippen molar-refractivity contribution in [1.82, 2.24) is 0 Å². The molecule has 0 amide bonds. The predicted molar refractivity (Wildman–Crippen MR) is 43.9 cm³/mol. The molecular weight excluding hydrogens is 164 g/mol. The third kappa shape index (κ3) is 2.10. The number of halogens is 1. The zero-order valence-corrected chi connectivity index (χ0v) is 6.67. The zero-order valence-electron chi connectivity index (χ0n) is 5.92. The van der Waals surface area contributed by atoms with Crippen molar-refractivity contribution in [3.63, 3.8) is 0 Å². The monoisotopic (exact) mass is 172 g/mol. The molecule has 11 heavy (non-hydrogen) atoms. The van der Waals surface area contributed by atoms with Crippen molar-refractivity contribution in [2.45, 2.75) is 6.42 Å². The average Bonchev–Trinajstić information content (AvgIpc) is 1.98. The van der Waals surface area contributed by atoms with Crippen molar-refractivity contribution in [2.75, 3.05) is 6.61 Å². The third-order valence-corrected chi connectivity index (χ3v) is 1.66. The highest BCUT2D eigenvalue weighted by Crippen LogP contribution is 2.21. The molecule has 0 spiro atoms. The fourth-order valence-corrected chi connectivity index (χ4v) is 1.07. The first kappa shape index (κ1) is 8.37. The van der Waals surface area contributed by atoms with Crippen LogP contribution in [0.15, 0.2) is 18.2 Å². The van der Waals surface area contributed by atoms with Gasteiger partial charge in [-0.05, 0) is 30.2 Å². The van der Waals surface area contributed by atoms with Gasteiger partial charge in [0.2, 0.25) is 0 Å². The first-order valence-corrected chi connectivity index (χ1v) is 3.70. The normalized spacial score (nSPS) is 10.0. The van der Waals surface area contributed by atoms with Crippen molar-refractivity contribution in [1.29, 1.82) is 0 Å². The van der Waals surface area contributed by atoms with Gasteiger partial charge in [0.1, 0.15) is 5.75 Å². The van der Waals surface area contributed by atoms with E-state index in [0.717, 1.165) is 0 Å². The van der Waals surface area contributed by atoms with Crippen molar-refractivity contribution in [2.24, 2.45) is 0 Å². The summed E-state index contributed by atoms with van der Waals surface area (Å²) in [7, 11) is 0. The minimum Gasteiger partial charge on any atom is -0.508 e. The molecule has 0 aliphatic rings. The molecule has 3 heteroatoms. The molecule has 0 radical (unpaired) electrons. The first-order chi connectivity index (χ1) is 5.24. The Bertz CT molecular complexity index is 248. The Kier molecular flexibility index (Phi) is 2.74. The summed E-state index contributed by atoms with van der Waals surface area (Å²) in [5.41, 5.74) is 0.681. The highest BCUT2D eigenvalue weighted by Gasteiger charge is 1.99. The van der Waals surface area contributed by atoms with Gasteiger partial charge >= 0.3 is 0 Å². The molecule has 2 N–H and O–H groups in total. The third-order valence-electron chi connectivity index (χ3n) is 1.42. The molecule has 0 unspecified atom stereocenters. The van der Waals surface area contributed by atoms with Crippen LogP contribution in [0.5, 0.6) is 5.75 Å². The average molecular weight is 173 g/mol. The molecule has 0 fully saturated rings. The van der Waals surface area contributed by atoms with Gasteiger partial charge in [0.05, 0.1) is 0 Å². The van der Waals surface area contributed by atoms with Gasteiger partial charge in [0, 0.05) is 11.6 Å². The Hall–Kier alpha value is -0.730. The molecule has 1 aromatic rings. The Morgan fingerprint density at radius 3 is 2.73 bits per heavy atom. The summed E-state index contributed by atoms with van der Waals surface area (Å²) in [4.78, 5) is 0. The van der Waals surface area contributed by atoms with E-state index in [0.29, 0.717) is 17.0 Å². The molecule has 0 bridgehead atoms. The maximum atomic E-state index is 9.20. The highest BCUT2D eigenvalue weighted by atomic mass is 35.5. The molecule has 0 atom stereocenters. The standard InChI is InChI=1S/C8H9ClO2/c9-7-1-2-8(11)6(5-7)3-4-10/h1-2,5,10-11H,3-4H2. The molecule has 0 aromatic heterocycles. The Morgan fingerprint density at radius 1 is 1.36 bits per heavy atom. The van der Waals surface area contributed by atoms with Gasteiger partial charge in [-0.1, -0.05) is 11.6 Å². The van der Waals surface area contributed by atoms with E-state index in [1.165, 1.54) is 6.07 Å². The van der Waals surface area contributed by atoms with E-state index in [2.05, 4.69) is 0 Å². The summed E-state index contributed by atoms with van der Waals surface area (Å²) < 4.78 is 0. The van der Waals surface area contributed by atoms with Crippen molar-refractivity contribution in [3.8, 4) is 5.75 Å². The topological polar surface area (TPSA) is 40.5 Å². The molecule has 60 valence electrons. The second-order valence-electron chi connectivity index (χ2n) is 2.25. The summed E-state index contributed by atoms with van der Waals surface area (Å²) >= 11 is 5.66. The summed E-state index contributed by atoms with van der Waals surface area (Å²) in [6.07, 6.45) is 0.437. The smallest absolute Gasteiger partial charge is 0.118 e. The number of phenolic OH excluding ortho intramolecular Hbond substituents is 1. The molecule has 0 aliphatic heterocycles. The minimum atomic E-state index is 0.0217. The van der Waals surface area contributed by atoms with Gasteiger partial charge in [-0.3, -0.25) is 0 Å². The van der Waals surface area contributed by atoms with E-state index >= 15 is 0 Å². The van der Waals surface area contributed by atoms with E-state index in [1.807, 2.05) is 0 Å². The Balaban J connectivity index is 2.93. The molecule has 0 heterocycles. The number of aromatic hydroxyl groups is 1. The summed E-state index contributed by atoms with van der Waals surface area (Å²) in [5, 5.41) is 18.4. The number of aliphatic hydroxyl groups excluding tert-OH is 1. The van der Waals surface area contributed by atoms with Crippen LogP contribution in [0.2, 0.25) is 5.02 Å². The van der Waals surface area contributed by atoms with Gasteiger partial charge in [0.15, 0.2) is 0 Å². The summed E-state index contributed by atoms with van der Waals surface area (Å²) in [6.45, 7) is 0.0217. The second kappa shape index (κ2) is 3.60. The molecule has 2 nitrogen and oxygen atoms in total. The lowest BCUT2D eigenvalue weighted by atomic mass is 10.1. The maximum absolute atomic E-state index is 9.20. The number of phenols is 1. The lowest BCUT2D eigenvalue weighted by molar-refractivity contribution is 0.297. The number of hydrogen-bond donors (Lipinski definition) is 2. The van der Waals surface area contributed by atoms with Crippen LogP contribution in [-0.2, 0) is 6.42 Å². The van der Waals surface area contributed by atoms with Crippen molar-refractivity contribution in [3.05, 3.63) is 28.8 Å². The van der Waals surface area contributed by atoms with Crippen LogP contribution in [0.1, 0.15) is 5.56 Å².